The second kappa shape index (κ2) is 20.6. The molecule has 96 heavy (non-hydrogen) atoms. The van der Waals surface area contributed by atoms with Gasteiger partial charge in [-0.05, 0) is 179 Å². The van der Waals surface area contributed by atoms with Gasteiger partial charge in [0.25, 0.3) is 0 Å². The van der Waals surface area contributed by atoms with E-state index in [4.69, 9.17) is 8.83 Å². The Morgan fingerprint density at radius 2 is 0.906 bits per heavy atom. The number of anilines is 2. The molecule has 5 aliphatic rings. The zero-order chi connectivity index (χ0) is 64.4. The number of nitrogens with zero attached hydrogens (tertiary/aromatic N) is 1. The molecule has 3 nitrogen and oxygen atoms in total. The first-order valence-corrected chi connectivity index (χ1v) is 34.0. The van der Waals surface area contributed by atoms with E-state index in [1.165, 1.54) is 117 Å². The van der Waals surface area contributed by atoms with Crippen LogP contribution in [-0.2, 0) is 21.7 Å². The Bertz CT molecular complexity index is 5710. The molecule has 2 heterocycles. The number of para-hydroxylation sites is 2. The molecule has 0 N–H and O–H groups in total. The van der Waals surface area contributed by atoms with Crippen molar-refractivity contribution in [2.45, 2.75) is 63.2 Å². The summed E-state index contributed by atoms with van der Waals surface area (Å²) in [5.74, 6) is 0.118. The molecular weight excluding hydrogens is 1160 g/mol. The number of hydrogen-bond acceptors (Lipinski definition) is 3. The predicted molar refractivity (Wildman–Crippen MR) is 398 cm³/mol. The molecule has 0 bridgehead atoms. The van der Waals surface area contributed by atoms with Gasteiger partial charge in [-0.15, -0.1) is 0 Å². The number of rotatable bonds is 9. The summed E-state index contributed by atoms with van der Waals surface area (Å²) in [6.45, 7) is 14.1. The maximum atomic E-state index is 7.52. The summed E-state index contributed by atoms with van der Waals surface area (Å²) < 4.78 is 14.1. The molecule has 0 amide bonds. The highest BCUT2D eigenvalue weighted by atomic mass is 16.3. The van der Waals surface area contributed by atoms with Gasteiger partial charge in [0.15, 0.2) is 0 Å². The number of allylic oxidation sites excluding steroid dienone is 9. The van der Waals surface area contributed by atoms with E-state index in [0.29, 0.717) is 0 Å². The summed E-state index contributed by atoms with van der Waals surface area (Å²) >= 11 is 0. The summed E-state index contributed by atoms with van der Waals surface area (Å²) in [5, 5.41) is 4.61. The summed E-state index contributed by atoms with van der Waals surface area (Å²) in [6, 6.07) is 96.4. The molecule has 1 atom stereocenters. The Balaban J connectivity index is 0.912. The van der Waals surface area contributed by atoms with E-state index >= 15 is 0 Å². The molecule has 1 unspecified atom stereocenters. The molecule has 14 aromatic rings. The molecule has 12 aromatic carbocycles. The normalized spacial score (nSPS) is 17.2. The molecule has 19 rings (SSSR count). The van der Waals surface area contributed by atoms with E-state index in [2.05, 4.69) is 350 Å². The van der Waals surface area contributed by atoms with Crippen LogP contribution in [0.5, 0.6) is 0 Å². The van der Waals surface area contributed by atoms with E-state index in [-0.39, 0.29) is 16.7 Å². The molecule has 0 aliphatic heterocycles. The van der Waals surface area contributed by atoms with Gasteiger partial charge in [0.05, 0.1) is 10.8 Å². The second-order valence-corrected chi connectivity index (χ2v) is 28.0. The van der Waals surface area contributed by atoms with Crippen LogP contribution in [0.3, 0.4) is 0 Å². The van der Waals surface area contributed by atoms with Gasteiger partial charge in [0, 0.05) is 60.9 Å². The van der Waals surface area contributed by atoms with Crippen molar-refractivity contribution in [3.8, 4) is 44.5 Å². The lowest BCUT2D eigenvalue weighted by Gasteiger charge is -2.41. The monoisotopic (exact) mass is 1230 g/mol. The molecule has 0 spiro atoms. The summed E-state index contributed by atoms with van der Waals surface area (Å²) in [4.78, 5) is 2.58. The maximum Gasteiger partial charge on any atom is 0.144 e. The smallest absolute Gasteiger partial charge is 0.144 e. The Kier molecular flexibility index (Phi) is 12.1. The van der Waals surface area contributed by atoms with Crippen LogP contribution in [0.25, 0.3) is 88.4 Å². The van der Waals surface area contributed by atoms with Crippen molar-refractivity contribution in [1.29, 1.82) is 0 Å². The van der Waals surface area contributed by atoms with E-state index in [1.807, 2.05) is 0 Å². The highest BCUT2D eigenvalue weighted by Gasteiger charge is 2.58. The van der Waals surface area contributed by atoms with Crippen molar-refractivity contribution in [1.82, 2.24) is 0 Å². The van der Waals surface area contributed by atoms with Crippen LogP contribution in [-0.4, -0.2) is 0 Å². The average Bonchev–Trinajstić information content (AvgIpc) is 1.46. The lowest BCUT2D eigenvalue weighted by atomic mass is 9.60. The number of benzene rings is 12. The number of hydrogen-bond donors (Lipinski definition) is 0. The highest BCUT2D eigenvalue weighted by molar-refractivity contribution is 6.22. The standard InChI is InChI=1S/C93H69NO2/c1-7-8-13-44-78(64-39-23-22-30-57(64)2)94(62-47-49-65-70-55-76-71(56-75(70)91(5,6)74(65)53-62)82-73(90(76,3)4)51-52-81-83(82)68-41-25-28-45-79(68)95-81)63-48-50-67-77(54-63)93(60-35-18-11-19-36-60,61-37-20-12-21-38-61)87-84(67)85-69-42-26-29-46-80(69)96-89(85)86-66-40-24-27-43-72(66)92(88(86)87,58-31-14-9-15-32-58)59-33-16-10-17-34-59/h7-57H,1-6H3/b8-7-,44-13-,78-64+. The third-order valence-electron chi connectivity index (χ3n) is 22.5. The van der Waals surface area contributed by atoms with Gasteiger partial charge in [-0.3, -0.25) is 0 Å². The van der Waals surface area contributed by atoms with Crippen LogP contribution in [0.2, 0.25) is 0 Å². The predicted octanol–water partition coefficient (Wildman–Crippen LogP) is 24.1. The van der Waals surface area contributed by atoms with Crippen LogP contribution >= 0.6 is 0 Å². The van der Waals surface area contributed by atoms with Gasteiger partial charge in [-0.1, -0.05) is 277 Å². The summed E-state index contributed by atoms with van der Waals surface area (Å²) in [6.07, 6.45) is 17.9. The fraction of sp³-hybridized carbons (Fsp3) is 0.118. The van der Waals surface area contributed by atoms with E-state index in [9.17, 15) is 0 Å². The van der Waals surface area contributed by atoms with Crippen molar-refractivity contribution in [2.24, 2.45) is 5.92 Å². The molecule has 5 aliphatic carbocycles. The van der Waals surface area contributed by atoms with Gasteiger partial charge in [-0.25, -0.2) is 0 Å². The molecule has 0 fully saturated rings. The van der Waals surface area contributed by atoms with Crippen LogP contribution in [0.4, 0.5) is 11.4 Å². The van der Waals surface area contributed by atoms with Crippen molar-refractivity contribution in [2.75, 3.05) is 4.90 Å². The first-order chi connectivity index (χ1) is 47.0. The lowest BCUT2D eigenvalue weighted by molar-refractivity contribution is 0.651. The van der Waals surface area contributed by atoms with Crippen LogP contribution in [0.1, 0.15) is 108 Å². The summed E-state index contributed by atoms with van der Waals surface area (Å²) in [5.41, 5.74) is 30.9. The van der Waals surface area contributed by atoms with Crippen molar-refractivity contribution < 1.29 is 8.83 Å². The van der Waals surface area contributed by atoms with Crippen molar-refractivity contribution in [3.63, 3.8) is 0 Å². The third-order valence-corrected chi connectivity index (χ3v) is 22.5. The Morgan fingerprint density at radius 3 is 1.55 bits per heavy atom. The fourth-order valence-electron chi connectivity index (χ4n) is 18.4. The molecule has 458 valence electrons. The van der Waals surface area contributed by atoms with E-state index in [1.54, 1.807) is 0 Å². The SMILES string of the molecule is C\C=C/C=C\C(=C1\C=CC=CC1C)N(c1ccc2c(c1)C(C)(C)c1cc3c(cc1-2)C(C)(C)c1ccc2oc4ccccc4c2c1-3)c1ccc2c(c1)C(c1ccccc1)(c1ccccc1)c1c3c(c4oc5ccccc5c4c1-2)-c1ccccc1C3(c1ccccc1)c1ccccc1. The topological polar surface area (TPSA) is 29.5 Å². The zero-order valence-corrected chi connectivity index (χ0v) is 54.7. The van der Waals surface area contributed by atoms with Gasteiger partial charge < -0.3 is 13.7 Å². The molecule has 0 radical (unpaired) electrons. The van der Waals surface area contributed by atoms with E-state index in [0.717, 1.165) is 61.1 Å². The fourth-order valence-corrected chi connectivity index (χ4v) is 18.4. The maximum absolute atomic E-state index is 7.52. The lowest BCUT2D eigenvalue weighted by Crippen LogP contribution is -2.36. The Morgan fingerprint density at radius 1 is 0.396 bits per heavy atom. The molecular formula is C93H69NO2. The minimum Gasteiger partial charge on any atom is -0.456 e. The van der Waals surface area contributed by atoms with Gasteiger partial charge in [0.2, 0.25) is 0 Å². The quantitative estimate of drug-likeness (QED) is 0.135. The molecule has 2 aromatic heterocycles. The van der Waals surface area contributed by atoms with Gasteiger partial charge in [0.1, 0.15) is 22.3 Å². The number of furan rings is 2. The highest BCUT2D eigenvalue weighted by Crippen LogP contribution is 2.69. The van der Waals surface area contributed by atoms with Gasteiger partial charge >= 0.3 is 0 Å². The van der Waals surface area contributed by atoms with Crippen molar-refractivity contribution >= 4 is 55.3 Å². The first-order valence-electron chi connectivity index (χ1n) is 34.0. The molecule has 3 heteroatoms. The van der Waals surface area contributed by atoms with Gasteiger partial charge in [-0.2, -0.15) is 0 Å². The minimum absolute atomic E-state index is 0.118. The minimum atomic E-state index is -0.903. The zero-order valence-electron chi connectivity index (χ0n) is 54.7. The van der Waals surface area contributed by atoms with Crippen LogP contribution in [0, 0.1) is 5.92 Å². The largest absolute Gasteiger partial charge is 0.456 e. The summed E-state index contributed by atoms with van der Waals surface area (Å²) in [7, 11) is 0. The average molecular weight is 1230 g/mol. The first kappa shape index (κ1) is 56.3. The Hall–Kier alpha value is -11.3. The second-order valence-electron chi connectivity index (χ2n) is 28.0. The molecule has 0 saturated heterocycles. The van der Waals surface area contributed by atoms with Crippen LogP contribution < -0.4 is 4.90 Å². The number of fused-ring (bicyclic) bond motifs is 22. The van der Waals surface area contributed by atoms with Crippen molar-refractivity contribution in [3.05, 3.63) is 381 Å². The third kappa shape index (κ3) is 7.43. The van der Waals surface area contributed by atoms with Crippen LogP contribution in [0.15, 0.2) is 324 Å². The Labute approximate surface area is 560 Å². The molecule has 0 saturated carbocycles. The van der Waals surface area contributed by atoms with E-state index < -0.39 is 10.8 Å².